The van der Waals surface area contributed by atoms with E-state index in [9.17, 15) is 9.90 Å². The molecule has 4 heteroatoms. The predicted octanol–water partition coefficient (Wildman–Crippen LogP) is 7.45. The maximum atomic E-state index is 11.0. The van der Waals surface area contributed by atoms with Crippen LogP contribution in [0.2, 0.25) is 0 Å². The van der Waals surface area contributed by atoms with Gasteiger partial charge in [0, 0.05) is 50.7 Å². The number of nitrogens with zero attached hydrogens (tertiary/aromatic N) is 1. The van der Waals surface area contributed by atoms with Gasteiger partial charge in [0.25, 0.3) is 0 Å². The van der Waals surface area contributed by atoms with Gasteiger partial charge in [0.2, 0.25) is 0 Å². The number of aliphatic hydroxyl groups excluding tert-OH is 1. The maximum absolute atomic E-state index is 11.0. The molecule has 2 aromatic carbocycles. The zero-order valence-electron chi connectivity index (χ0n) is 20.5. The third-order valence-corrected chi connectivity index (χ3v) is 5.07. The molecule has 3 nitrogen and oxygen atoms in total. The number of carbonyl (C=O) groups is 1. The standard InChI is InChI=1S/C20H18N.C9H16O2.Pt/c1-14-9-15(2)11-18(10-14)20-12-16(3)19(13-21-20)17-7-5-4-6-8-17;1-6(2)8(10)5-9(11)7(3)4;/h4-10,12-13H,1-3H3;5-7,10H,1-4H3;/q-1;;/b;8-5-;. The van der Waals surface area contributed by atoms with Crippen molar-refractivity contribution in [2.24, 2.45) is 11.8 Å². The Balaban J connectivity index is 0.000000391. The van der Waals surface area contributed by atoms with Crippen LogP contribution >= 0.6 is 0 Å². The number of aromatic nitrogens is 1. The summed E-state index contributed by atoms with van der Waals surface area (Å²) in [6, 6.07) is 20.2. The number of ketones is 1. The number of aryl methyl sites for hydroxylation is 3. The minimum Gasteiger partial charge on any atom is -0.512 e. The molecular weight excluding hydrogens is 589 g/mol. The average molecular weight is 624 g/mol. The molecule has 0 radical (unpaired) electrons. The molecule has 0 atom stereocenters. The van der Waals surface area contributed by atoms with Gasteiger partial charge in [-0.25, -0.2) is 0 Å². The number of carbonyl (C=O) groups excluding carboxylic acids is 1. The van der Waals surface area contributed by atoms with Gasteiger partial charge in [0.05, 0.1) is 5.76 Å². The van der Waals surface area contributed by atoms with Crippen LogP contribution in [0.5, 0.6) is 0 Å². The summed E-state index contributed by atoms with van der Waals surface area (Å²) in [5.74, 6) is 0.161. The number of pyridine rings is 1. The van der Waals surface area contributed by atoms with Crippen LogP contribution in [-0.4, -0.2) is 15.9 Å². The monoisotopic (exact) mass is 623 g/mol. The van der Waals surface area contributed by atoms with Gasteiger partial charge in [0.1, 0.15) is 0 Å². The Bertz CT molecular complexity index is 1070. The Kier molecular flexibility index (Phi) is 11.5. The average Bonchev–Trinajstić information content (AvgIpc) is 2.73. The van der Waals surface area contributed by atoms with Crippen LogP contribution < -0.4 is 0 Å². The molecule has 0 unspecified atom stereocenters. The third kappa shape index (κ3) is 8.74. The summed E-state index contributed by atoms with van der Waals surface area (Å²) in [7, 11) is 0. The van der Waals surface area contributed by atoms with Crippen LogP contribution in [0.4, 0.5) is 0 Å². The SMILES string of the molecule is CC(C)C(=O)/C=C(\O)C(C)C.Cc1[c-]c(-c2cc(C)c(-c3ccccc3)cn2)cc(C)c1.[Pt]. The van der Waals surface area contributed by atoms with Gasteiger partial charge in [-0.2, -0.15) is 0 Å². The van der Waals surface area contributed by atoms with Gasteiger partial charge < -0.3 is 10.1 Å². The van der Waals surface area contributed by atoms with Gasteiger partial charge in [-0.3, -0.25) is 4.79 Å². The molecule has 178 valence electrons. The zero-order chi connectivity index (χ0) is 23.8. The first-order valence-electron chi connectivity index (χ1n) is 11.1. The number of hydrogen-bond donors (Lipinski definition) is 1. The van der Waals surface area contributed by atoms with E-state index in [4.69, 9.17) is 0 Å². The molecule has 0 aliphatic rings. The first kappa shape index (κ1) is 28.5. The van der Waals surface area contributed by atoms with E-state index in [2.05, 4.69) is 74.3 Å². The Hall–Kier alpha value is -2.51. The smallest absolute Gasteiger partial charge is 0.161 e. The summed E-state index contributed by atoms with van der Waals surface area (Å²) in [5.41, 5.74) is 8.07. The molecule has 0 aliphatic carbocycles. The van der Waals surface area contributed by atoms with Crippen molar-refractivity contribution in [1.29, 1.82) is 0 Å². The van der Waals surface area contributed by atoms with Crippen molar-refractivity contribution in [1.82, 2.24) is 4.98 Å². The quantitative estimate of drug-likeness (QED) is 0.183. The number of rotatable bonds is 5. The fourth-order valence-corrected chi connectivity index (χ4v) is 3.14. The van der Waals surface area contributed by atoms with E-state index in [0.717, 1.165) is 16.8 Å². The fraction of sp³-hybridized carbons (Fsp3) is 0.310. The molecule has 0 aliphatic heterocycles. The van der Waals surface area contributed by atoms with Crippen LogP contribution in [-0.2, 0) is 25.9 Å². The van der Waals surface area contributed by atoms with Crippen molar-refractivity contribution in [2.75, 3.05) is 0 Å². The van der Waals surface area contributed by atoms with Crippen LogP contribution in [0, 0.1) is 38.7 Å². The summed E-state index contributed by atoms with van der Waals surface area (Å²) < 4.78 is 0. The molecule has 3 aromatic rings. The van der Waals surface area contributed by atoms with E-state index >= 15 is 0 Å². The first-order valence-corrected chi connectivity index (χ1v) is 11.1. The Morgan fingerprint density at radius 3 is 2.12 bits per heavy atom. The molecule has 1 N–H and O–H groups in total. The van der Waals surface area contributed by atoms with Crippen molar-refractivity contribution in [3.8, 4) is 22.4 Å². The second kappa shape index (κ2) is 13.3. The minimum absolute atomic E-state index is 0. The Labute approximate surface area is 213 Å². The second-order valence-electron chi connectivity index (χ2n) is 8.79. The summed E-state index contributed by atoms with van der Waals surface area (Å²) in [6.07, 6.45) is 3.28. The molecule has 0 saturated carbocycles. The normalized spacial score (nSPS) is 11.0. The van der Waals surface area contributed by atoms with E-state index < -0.39 is 0 Å². The van der Waals surface area contributed by atoms with Crippen molar-refractivity contribution >= 4 is 5.78 Å². The van der Waals surface area contributed by atoms with Crippen LogP contribution in [0.25, 0.3) is 22.4 Å². The largest absolute Gasteiger partial charge is 0.512 e. The van der Waals surface area contributed by atoms with Gasteiger partial charge in [0.15, 0.2) is 5.78 Å². The summed E-state index contributed by atoms with van der Waals surface area (Å²) >= 11 is 0. The molecule has 0 amide bonds. The molecule has 1 heterocycles. The van der Waals surface area contributed by atoms with E-state index in [1.807, 2.05) is 40.0 Å². The molecule has 0 spiro atoms. The van der Waals surface area contributed by atoms with Crippen LogP contribution in [0.3, 0.4) is 0 Å². The topological polar surface area (TPSA) is 50.2 Å². The van der Waals surface area contributed by atoms with Crippen molar-refractivity contribution in [3.63, 3.8) is 0 Å². The van der Waals surface area contributed by atoms with Gasteiger partial charge in [-0.05, 0) is 23.7 Å². The van der Waals surface area contributed by atoms with Crippen molar-refractivity contribution in [2.45, 2.75) is 48.5 Å². The van der Waals surface area contributed by atoms with E-state index in [1.165, 1.54) is 28.3 Å². The molecular formula is C29H34NO2Pt-. The van der Waals surface area contributed by atoms with Gasteiger partial charge in [-0.15, -0.1) is 34.9 Å². The van der Waals surface area contributed by atoms with E-state index in [0.29, 0.717) is 0 Å². The third-order valence-electron chi connectivity index (χ3n) is 5.07. The van der Waals surface area contributed by atoms with E-state index in [-0.39, 0.29) is 44.4 Å². The fourth-order valence-electron chi connectivity index (χ4n) is 3.14. The van der Waals surface area contributed by atoms with E-state index in [1.54, 1.807) is 0 Å². The first-order chi connectivity index (χ1) is 15.1. The minimum atomic E-state index is -0.0316. The molecule has 3 rings (SSSR count). The molecule has 33 heavy (non-hydrogen) atoms. The number of hydrogen-bond acceptors (Lipinski definition) is 3. The molecule has 0 bridgehead atoms. The van der Waals surface area contributed by atoms with Crippen molar-refractivity contribution < 1.29 is 31.0 Å². The summed E-state index contributed by atoms with van der Waals surface area (Å²) in [4.78, 5) is 15.7. The number of allylic oxidation sites excluding steroid dienone is 2. The van der Waals surface area contributed by atoms with Crippen LogP contribution in [0.1, 0.15) is 44.4 Å². The van der Waals surface area contributed by atoms with Gasteiger partial charge in [-0.1, -0.05) is 77.9 Å². The van der Waals surface area contributed by atoms with Crippen LogP contribution in [0.15, 0.2) is 66.6 Å². The summed E-state index contributed by atoms with van der Waals surface area (Å²) in [6.45, 7) is 13.6. The predicted molar refractivity (Wildman–Crippen MR) is 134 cm³/mol. The molecule has 1 aromatic heterocycles. The van der Waals surface area contributed by atoms with Crippen molar-refractivity contribution in [3.05, 3.63) is 89.3 Å². The zero-order valence-corrected chi connectivity index (χ0v) is 22.8. The summed E-state index contributed by atoms with van der Waals surface area (Å²) in [5, 5.41) is 9.19. The second-order valence-corrected chi connectivity index (χ2v) is 8.79. The Morgan fingerprint density at radius 2 is 1.61 bits per heavy atom. The Morgan fingerprint density at radius 1 is 0.970 bits per heavy atom. The molecule has 0 saturated heterocycles. The van der Waals surface area contributed by atoms with Gasteiger partial charge >= 0.3 is 0 Å². The maximum Gasteiger partial charge on any atom is 0.161 e. The number of benzene rings is 2. The molecule has 0 fully saturated rings. The number of aliphatic hydroxyl groups is 1.